The molecule has 6 heteroatoms. The number of hydrogen-bond donors (Lipinski definition) is 1. The molecule has 0 radical (unpaired) electrons. The summed E-state index contributed by atoms with van der Waals surface area (Å²) in [5, 5.41) is 9.20. The van der Waals surface area contributed by atoms with Crippen LogP contribution in [0.15, 0.2) is 47.7 Å². The third-order valence-electron chi connectivity index (χ3n) is 5.24. The maximum Gasteiger partial charge on any atom is 0.335 e. The number of carbonyl (C=O) groups excluding carboxylic acids is 1. The van der Waals surface area contributed by atoms with Crippen molar-refractivity contribution in [2.24, 2.45) is 0 Å². The van der Waals surface area contributed by atoms with Crippen molar-refractivity contribution in [3.05, 3.63) is 64.4 Å². The van der Waals surface area contributed by atoms with Gasteiger partial charge in [0.15, 0.2) is 5.78 Å². The van der Waals surface area contributed by atoms with Gasteiger partial charge in [0.1, 0.15) is 23.0 Å². The van der Waals surface area contributed by atoms with Crippen molar-refractivity contribution >= 4 is 11.8 Å². The Morgan fingerprint density at radius 3 is 2.50 bits per heavy atom. The number of aromatic carboxylic acids is 1. The van der Waals surface area contributed by atoms with Gasteiger partial charge in [0.25, 0.3) is 0 Å². The van der Waals surface area contributed by atoms with Gasteiger partial charge >= 0.3 is 5.97 Å². The molecule has 0 saturated heterocycles. The van der Waals surface area contributed by atoms with E-state index in [4.69, 9.17) is 14.2 Å². The molecule has 1 N–H and O–H groups in total. The van der Waals surface area contributed by atoms with Gasteiger partial charge in [-0.2, -0.15) is 0 Å². The lowest BCUT2D eigenvalue weighted by atomic mass is 9.76. The number of ketones is 1. The highest BCUT2D eigenvalue weighted by molar-refractivity contribution is 6.00. The van der Waals surface area contributed by atoms with E-state index in [9.17, 15) is 14.7 Å². The van der Waals surface area contributed by atoms with Crippen LogP contribution in [-0.2, 0) is 4.79 Å². The van der Waals surface area contributed by atoms with E-state index in [1.54, 1.807) is 50.6 Å². The van der Waals surface area contributed by atoms with Crippen LogP contribution < -0.4 is 14.2 Å². The Labute approximate surface area is 162 Å². The number of methoxy groups -OCH3 is 2. The average molecular weight is 380 g/mol. The van der Waals surface area contributed by atoms with Gasteiger partial charge < -0.3 is 19.3 Å². The molecule has 1 atom stereocenters. The van der Waals surface area contributed by atoms with Gasteiger partial charge in [-0.25, -0.2) is 4.79 Å². The zero-order valence-corrected chi connectivity index (χ0v) is 15.7. The van der Waals surface area contributed by atoms with Gasteiger partial charge in [0, 0.05) is 42.0 Å². The lowest BCUT2D eigenvalue weighted by molar-refractivity contribution is -0.116. The van der Waals surface area contributed by atoms with E-state index >= 15 is 0 Å². The Morgan fingerprint density at radius 2 is 1.86 bits per heavy atom. The first-order chi connectivity index (χ1) is 13.5. The molecule has 144 valence electrons. The largest absolute Gasteiger partial charge is 0.496 e. The normalized spacial score (nSPS) is 18.1. The smallest absolute Gasteiger partial charge is 0.335 e. The molecular formula is C22H20O6. The molecule has 0 amide bonds. The molecule has 4 rings (SSSR count). The van der Waals surface area contributed by atoms with Crippen LogP contribution in [0.2, 0.25) is 0 Å². The highest BCUT2D eigenvalue weighted by Crippen LogP contribution is 2.51. The number of carboxylic acids is 1. The van der Waals surface area contributed by atoms with Crippen molar-refractivity contribution in [1.82, 2.24) is 0 Å². The van der Waals surface area contributed by atoms with Gasteiger partial charge in [-0.05, 0) is 24.1 Å². The second-order valence-electron chi connectivity index (χ2n) is 6.82. The molecule has 2 aromatic rings. The van der Waals surface area contributed by atoms with Crippen LogP contribution >= 0.6 is 0 Å². The number of carboxylic acid groups (broad SMARTS) is 1. The number of carbonyl (C=O) groups is 2. The standard InChI is InChI=1S/C22H20O6/c1-26-14-10-17(27-2)21-18(11-14)28-16-5-3-4-15(23)20(16)19(21)12-6-8-13(9-7-12)22(24)25/h6-11,19H,3-5H2,1-2H3,(H,24,25). The number of benzene rings is 2. The topological polar surface area (TPSA) is 82.1 Å². The SMILES string of the molecule is COc1cc(OC)c2c(c1)OC1=C(C(=O)CCC1)C2c1ccc(C(=O)O)cc1. The van der Waals surface area contributed by atoms with Crippen molar-refractivity contribution < 1.29 is 28.9 Å². The molecule has 1 unspecified atom stereocenters. The van der Waals surface area contributed by atoms with E-state index in [0.29, 0.717) is 41.4 Å². The minimum atomic E-state index is -0.991. The first-order valence-corrected chi connectivity index (χ1v) is 9.06. The molecule has 0 saturated carbocycles. The van der Waals surface area contributed by atoms with Gasteiger partial charge in [-0.3, -0.25) is 4.79 Å². The third-order valence-corrected chi connectivity index (χ3v) is 5.24. The predicted octanol–water partition coefficient (Wildman–Crippen LogP) is 3.93. The average Bonchev–Trinajstić information content (AvgIpc) is 2.71. The van der Waals surface area contributed by atoms with Crippen LogP contribution in [0.1, 0.15) is 46.7 Å². The highest BCUT2D eigenvalue weighted by atomic mass is 16.5. The van der Waals surface area contributed by atoms with Crippen molar-refractivity contribution in [2.45, 2.75) is 25.2 Å². The number of Topliss-reactive ketones (excluding diaryl/α,β-unsaturated/α-hetero) is 1. The molecule has 2 aliphatic rings. The van der Waals surface area contributed by atoms with Gasteiger partial charge in [-0.15, -0.1) is 0 Å². The zero-order chi connectivity index (χ0) is 19.8. The Hall–Kier alpha value is -3.28. The number of ether oxygens (including phenoxy) is 3. The summed E-state index contributed by atoms with van der Waals surface area (Å²) in [5.41, 5.74) is 2.40. The Morgan fingerprint density at radius 1 is 1.11 bits per heavy atom. The van der Waals surface area contributed by atoms with Gasteiger partial charge in [-0.1, -0.05) is 12.1 Å². The van der Waals surface area contributed by atoms with Crippen molar-refractivity contribution in [3.63, 3.8) is 0 Å². The Bertz CT molecular complexity index is 987. The van der Waals surface area contributed by atoms with E-state index in [-0.39, 0.29) is 17.3 Å². The molecular weight excluding hydrogens is 360 g/mol. The Balaban J connectivity index is 1.94. The van der Waals surface area contributed by atoms with Crippen molar-refractivity contribution in [1.29, 1.82) is 0 Å². The monoisotopic (exact) mass is 380 g/mol. The van der Waals surface area contributed by atoms with Crippen LogP contribution in [0, 0.1) is 0 Å². The minimum absolute atomic E-state index is 0.0529. The third kappa shape index (κ3) is 2.91. The van der Waals surface area contributed by atoms with E-state index < -0.39 is 5.97 Å². The molecule has 1 aliphatic heterocycles. The summed E-state index contributed by atoms with van der Waals surface area (Å²) in [6.07, 6.45) is 1.90. The molecule has 1 heterocycles. The van der Waals surface area contributed by atoms with E-state index in [2.05, 4.69) is 0 Å². The van der Waals surface area contributed by atoms with E-state index in [1.807, 2.05) is 0 Å². The first kappa shape index (κ1) is 18.1. The maximum absolute atomic E-state index is 12.8. The molecule has 6 nitrogen and oxygen atoms in total. The minimum Gasteiger partial charge on any atom is -0.496 e. The number of rotatable bonds is 4. The highest BCUT2D eigenvalue weighted by Gasteiger charge is 2.39. The number of hydrogen-bond acceptors (Lipinski definition) is 5. The predicted molar refractivity (Wildman–Crippen MR) is 101 cm³/mol. The van der Waals surface area contributed by atoms with Crippen molar-refractivity contribution in [3.8, 4) is 17.2 Å². The second kappa shape index (κ2) is 7.03. The van der Waals surface area contributed by atoms with Crippen LogP contribution in [0.4, 0.5) is 0 Å². The molecule has 0 fully saturated rings. The summed E-state index contributed by atoms with van der Waals surface area (Å²) in [6.45, 7) is 0. The summed E-state index contributed by atoms with van der Waals surface area (Å²) in [4.78, 5) is 24.0. The zero-order valence-electron chi connectivity index (χ0n) is 15.7. The summed E-state index contributed by atoms with van der Waals surface area (Å²) in [5.74, 6) is 1.11. The van der Waals surface area contributed by atoms with Crippen molar-refractivity contribution in [2.75, 3.05) is 14.2 Å². The summed E-state index contributed by atoms with van der Waals surface area (Å²) in [6, 6.07) is 10.2. The van der Waals surface area contributed by atoms with E-state index in [0.717, 1.165) is 17.5 Å². The van der Waals surface area contributed by atoms with Gasteiger partial charge in [0.2, 0.25) is 0 Å². The van der Waals surface area contributed by atoms with Gasteiger partial charge in [0.05, 0.1) is 19.8 Å². The molecule has 0 aromatic heterocycles. The van der Waals surface area contributed by atoms with Crippen LogP contribution in [0.5, 0.6) is 17.2 Å². The maximum atomic E-state index is 12.8. The number of allylic oxidation sites excluding steroid dienone is 2. The molecule has 0 bridgehead atoms. The van der Waals surface area contributed by atoms with Crippen LogP contribution in [0.25, 0.3) is 0 Å². The molecule has 2 aromatic carbocycles. The quantitative estimate of drug-likeness (QED) is 0.865. The lowest BCUT2D eigenvalue weighted by Gasteiger charge is -2.34. The molecule has 28 heavy (non-hydrogen) atoms. The van der Waals surface area contributed by atoms with E-state index in [1.165, 1.54) is 0 Å². The fourth-order valence-corrected chi connectivity index (χ4v) is 3.92. The summed E-state index contributed by atoms with van der Waals surface area (Å²) < 4.78 is 17.1. The first-order valence-electron chi connectivity index (χ1n) is 9.06. The lowest BCUT2D eigenvalue weighted by Crippen LogP contribution is -2.26. The fourth-order valence-electron chi connectivity index (χ4n) is 3.92. The number of fused-ring (bicyclic) bond motifs is 1. The fraction of sp³-hybridized carbons (Fsp3) is 0.273. The van der Waals surface area contributed by atoms with Crippen LogP contribution in [0.3, 0.4) is 0 Å². The molecule has 1 aliphatic carbocycles. The Kier molecular flexibility index (Phi) is 4.55. The molecule has 0 spiro atoms. The second-order valence-corrected chi connectivity index (χ2v) is 6.82. The van der Waals surface area contributed by atoms with Crippen LogP contribution in [-0.4, -0.2) is 31.1 Å². The summed E-state index contributed by atoms with van der Waals surface area (Å²) in [7, 11) is 3.13. The summed E-state index contributed by atoms with van der Waals surface area (Å²) >= 11 is 0.